The third-order valence-electron chi connectivity index (χ3n) is 3.96. The van der Waals surface area contributed by atoms with Crippen molar-refractivity contribution in [3.8, 4) is 0 Å². The number of rotatable bonds is 5. The van der Waals surface area contributed by atoms with Gasteiger partial charge in [-0.2, -0.15) is 0 Å². The highest BCUT2D eigenvalue weighted by Gasteiger charge is 2.11. The molecule has 0 aliphatic carbocycles. The minimum absolute atomic E-state index is 0.269. The lowest BCUT2D eigenvalue weighted by atomic mass is 9.92. The summed E-state index contributed by atoms with van der Waals surface area (Å²) in [6, 6.07) is 9.23. The summed E-state index contributed by atoms with van der Waals surface area (Å²) in [5, 5.41) is 1.33. The summed E-state index contributed by atoms with van der Waals surface area (Å²) in [6.45, 7) is 10.1. The highest BCUT2D eigenvalue weighted by Crippen LogP contribution is 2.23. The number of nitrogens with two attached hydrogens (primary N) is 1. The molecule has 110 valence electrons. The van der Waals surface area contributed by atoms with Crippen LogP contribution in [-0.4, -0.2) is 10.6 Å². The molecule has 0 saturated carbocycles. The molecular formula is C18H28N2. The van der Waals surface area contributed by atoms with Crippen LogP contribution in [0.4, 0.5) is 0 Å². The topological polar surface area (TPSA) is 30.9 Å². The predicted molar refractivity (Wildman–Crippen MR) is 88.0 cm³/mol. The first-order valence-electron chi connectivity index (χ1n) is 7.72. The van der Waals surface area contributed by atoms with Crippen LogP contribution in [0.15, 0.2) is 30.5 Å². The second kappa shape index (κ2) is 6.01. The zero-order chi connectivity index (χ0) is 14.8. The summed E-state index contributed by atoms with van der Waals surface area (Å²) in [7, 11) is 0. The summed E-state index contributed by atoms with van der Waals surface area (Å²) < 4.78 is 2.38. The third-order valence-corrected chi connectivity index (χ3v) is 3.96. The van der Waals surface area contributed by atoms with E-state index in [2.05, 4.69) is 62.7 Å². The summed E-state index contributed by atoms with van der Waals surface area (Å²) in [5.41, 5.74) is 9.14. The molecule has 0 aliphatic rings. The van der Waals surface area contributed by atoms with E-state index >= 15 is 0 Å². The van der Waals surface area contributed by atoms with Gasteiger partial charge in [0.1, 0.15) is 0 Å². The monoisotopic (exact) mass is 272 g/mol. The van der Waals surface area contributed by atoms with E-state index in [1.807, 2.05) is 0 Å². The maximum absolute atomic E-state index is 6.07. The van der Waals surface area contributed by atoms with Gasteiger partial charge in [-0.25, -0.2) is 0 Å². The third kappa shape index (κ3) is 3.86. The second-order valence-corrected chi connectivity index (χ2v) is 7.09. The number of nitrogens with zero attached hydrogens (tertiary/aromatic N) is 1. The van der Waals surface area contributed by atoms with E-state index in [9.17, 15) is 0 Å². The maximum atomic E-state index is 6.07. The molecule has 0 spiro atoms. The van der Waals surface area contributed by atoms with E-state index in [1.165, 1.54) is 22.9 Å². The van der Waals surface area contributed by atoms with Crippen LogP contribution < -0.4 is 5.73 Å². The normalized spacial score (nSPS) is 13.8. The molecule has 2 heteroatoms. The summed E-state index contributed by atoms with van der Waals surface area (Å²) in [4.78, 5) is 0. The van der Waals surface area contributed by atoms with Crippen molar-refractivity contribution in [1.82, 2.24) is 4.57 Å². The molecule has 0 bridgehead atoms. The molecular weight excluding hydrogens is 244 g/mol. The van der Waals surface area contributed by atoms with Crippen molar-refractivity contribution in [1.29, 1.82) is 0 Å². The van der Waals surface area contributed by atoms with Crippen LogP contribution in [0.25, 0.3) is 10.9 Å². The average Bonchev–Trinajstić information content (AvgIpc) is 2.78. The van der Waals surface area contributed by atoms with Gasteiger partial charge < -0.3 is 10.3 Å². The Kier molecular flexibility index (Phi) is 4.54. The van der Waals surface area contributed by atoms with Crippen molar-refractivity contribution in [3.05, 3.63) is 36.0 Å². The zero-order valence-corrected chi connectivity index (χ0v) is 13.3. The molecule has 0 aliphatic heterocycles. The van der Waals surface area contributed by atoms with Gasteiger partial charge in [0, 0.05) is 24.3 Å². The number of fused-ring (bicyclic) bond motifs is 1. The van der Waals surface area contributed by atoms with Crippen molar-refractivity contribution in [2.45, 2.75) is 59.5 Å². The minimum atomic E-state index is 0.269. The number of aromatic nitrogens is 1. The molecule has 2 nitrogen and oxygen atoms in total. The molecule has 2 N–H and O–H groups in total. The molecule has 1 aromatic carbocycles. The lowest BCUT2D eigenvalue weighted by molar-refractivity contribution is 0.353. The number of hydrogen-bond donors (Lipinski definition) is 1. The lowest BCUT2D eigenvalue weighted by Crippen LogP contribution is -2.21. The summed E-state index contributed by atoms with van der Waals surface area (Å²) in [5.74, 6) is 0. The van der Waals surface area contributed by atoms with Gasteiger partial charge in [0.2, 0.25) is 0 Å². The number of aryl methyl sites for hydroxylation is 1. The first-order chi connectivity index (χ1) is 9.39. The molecule has 1 aromatic heterocycles. The molecule has 0 saturated heterocycles. The highest BCUT2D eigenvalue weighted by molar-refractivity contribution is 5.80. The SMILES string of the molecule is CCC(N)Cc1ccc2ccn(CCC(C)(C)C)c2c1. The van der Waals surface area contributed by atoms with Gasteiger partial charge in [-0.15, -0.1) is 0 Å². The van der Waals surface area contributed by atoms with Crippen molar-refractivity contribution in [3.63, 3.8) is 0 Å². The fourth-order valence-electron chi connectivity index (χ4n) is 2.45. The van der Waals surface area contributed by atoms with Gasteiger partial charge in [-0.05, 0) is 47.8 Å². The molecule has 0 radical (unpaired) electrons. The van der Waals surface area contributed by atoms with Gasteiger partial charge in [0.05, 0.1) is 0 Å². The van der Waals surface area contributed by atoms with Crippen molar-refractivity contribution < 1.29 is 0 Å². The maximum Gasteiger partial charge on any atom is 0.0483 e. The predicted octanol–water partition coefficient (Wildman–Crippen LogP) is 4.36. The van der Waals surface area contributed by atoms with Gasteiger partial charge in [-0.1, -0.05) is 39.8 Å². The van der Waals surface area contributed by atoms with E-state index in [0.717, 1.165) is 19.4 Å². The fraction of sp³-hybridized carbons (Fsp3) is 0.556. The molecule has 2 rings (SSSR count). The van der Waals surface area contributed by atoms with Gasteiger partial charge in [-0.3, -0.25) is 0 Å². The molecule has 1 unspecified atom stereocenters. The van der Waals surface area contributed by atoms with E-state index in [-0.39, 0.29) is 6.04 Å². The van der Waals surface area contributed by atoms with Crippen LogP contribution in [0.2, 0.25) is 0 Å². The minimum Gasteiger partial charge on any atom is -0.347 e. The van der Waals surface area contributed by atoms with Crippen molar-refractivity contribution >= 4 is 10.9 Å². The zero-order valence-electron chi connectivity index (χ0n) is 13.3. The Morgan fingerprint density at radius 2 is 1.95 bits per heavy atom. The van der Waals surface area contributed by atoms with Crippen LogP contribution in [0.1, 0.15) is 46.1 Å². The Balaban J connectivity index is 2.21. The molecule has 20 heavy (non-hydrogen) atoms. The first-order valence-corrected chi connectivity index (χ1v) is 7.72. The smallest absolute Gasteiger partial charge is 0.0483 e. The summed E-state index contributed by atoms with van der Waals surface area (Å²) >= 11 is 0. The first kappa shape index (κ1) is 15.1. The van der Waals surface area contributed by atoms with Crippen molar-refractivity contribution in [2.24, 2.45) is 11.1 Å². The van der Waals surface area contributed by atoms with E-state index < -0.39 is 0 Å². The van der Waals surface area contributed by atoms with E-state index in [0.29, 0.717) is 5.41 Å². The van der Waals surface area contributed by atoms with Crippen LogP contribution >= 0.6 is 0 Å². The molecule has 2 aromatic rings. The summed E-state index contributed by atoms with van der Waals surface area (Å²) in [6.07, 6.45) is 5.40. The standard InChI is InChI=1S/C18H28N2/c1-5-16(19)12-14-6-7-15-8-10-20(17(15)13-14)11-9-18(2,3)4/h6-8,10,13,16H,5,9,11-12,19H2,1-4H3. The van der Waals surface area contributed by atoms with Gasteiger partial charge in [0.25, 0.3) is 0 Å². The number of benzene rings is 1. The van der Waals surface area contributed by atoms with Crippen LogP contribution in [0, 0.1) is 5.41 Å². The quantitative estimate of drug-likeness (QED) is 0.861. The fourth-order valence-corrected chi connectivity index (χ4v) is 2.45. The number of hydrogen-bond acceptors (Lipinski definition) is 1. The Morgan fingerprint density at radius 1 is 1.20 bits per heavy atom. The van der Waals surface area contributed by atoms with Crippen LogP contribution in [0.3, 0.4) is 0 Å². The molecule has 0 amide bonds. The van der Waals surface area contributed by atoms with Gasteiger partial charge in [0.15, 0.2) is 0 Å². The molecule has 1 heterocycles. The van der Waals surface area contributed by atoms with E-state index in [4.69, 9.17) is 5.73 Å². The second-order valence-electron chi connectivity index (χ2n) is 7.09. The Hall–Kier alpha value is -1.28. The highest BCUT2D eigenvalue weighted by atomic mass is 14.9. The lowest BCUT2D eigenvalue weighted by Gasteiger charge is -2.19. The Morgan fingerprint density at radius 3 is 2.60 bits per heavy atom. The molecule has 0 fully saturated rings. The molecule has 1 atom stereocenters. The Labute approximate surface area is 123 Å². The van der Waals surface area contributed by atoms with Gasteiger partial charge >= 0.3 is 0 Å². The van der Waals surface area contributed by atoms with Crippen LogP contribution in [0.5, 0.6) is 0 Å². The van der Waals surface area contributed by atoms with Crippen molar-refractivity contribution in [2.75, 3.05) is 0 Å². The Bertz CT molecular complexity index is 560. The largest absolute Gasteiger partial charge is 0.347 e. The van der Waals surface area contributed by atoms with E-state index in [1.54, 1.807) is 0 Å². The average molecular weight is 272 g/mol. The van der Waals surface area contributed by atoms with Crippen LogP contribution in [-0.2, 0) is 13.0 Å².